The van der Waals surface area contributed by atoms with E-state index < -0.39 is 6.10 Å². The van der Waals surface area contributed by atoms with Crippen molar-refractivity contribution in [3.8, 4) is 5.75 Å². The number of benzene rings is 2. The van der Waals surface area contributed by atoms with Crippen LogP contribution in [0.15, 0.2) is 48.5 Å². The lowest BCUT2D eigenvalue weighted by atomic mass is 9.84. The number of aliphatic hydroxyl groups is 1. The number of nitrogens with one attached hydrogen (secondary N) is 2. The first-order valence-electron chi connectivity index (χ1n) is 12.1. The third-order valence-corrected chi connectivity index (χ3v) is 6.90. The lowest BCUT2D eigenvalue weighted by molar-refractivity contribution is -0.149. The molecule has 3 aliphatic heterocycles. The number of nitrogens with zero attached hydrogens (tertiary/aromatic N) is 1. The number of anilines is 2. The Morgan fingerprint density at radius 3 is 2.53 bits per heavy atom. The van der Waals surface area contributed by atoms with Gasteiger partial charge in [0, 0.05) is 35.9 Å². The van der Waals surface area contributed by atoms with Gasteiger partial charge in [-0.25, -0.2) is 4.79 Å². The summed E-state index contributed by atoms with van der Waals surface area (Å²) in [5.41, 5.74) is 2.34. The van der Waals surface area contributed by atoms with Gasteiger partial charge >= 0.3 is 6.03 Å². The quantitative estimate of drug-likeness (QED) is 0.625. The maximum absolute atomic E-state index is 12.8. The molecule has 4 atom stereocenters. The first kappa shape index (κ1) is 22.7. The summed E-state index contributed by atoms with van der Waals surface area (Å²) in [4.78, 5) is 27.2. The van der Waals surface area contributed by atoms with Gasteiger partial charge in [-0.2, -0.15) is 0 Å². The third-order valence-electron chi connectivity index (χ3n) is 6.90. The summed E-state index contributed by atoms with van der Waals surface area (Å²) in [6.45, 7) is 1.45. The summed E-state index contributed by atoms with van der Waals surface area (Å²) < 4.78 is 12.2. The number of carbonyl (C=O) groups excluding carboxylic acids is 2. The molecule has 0 radical (unpaired) electrons. The molecular formula is C26H31N3O5. The van der Waals surface area contributed by atoms with Crippen molar-refractivity contribution >= 4 is 23.3 Å². The number of aliphatic hydroxyl groups excluding tert-OH is 1. The summed E-state index contributed by atoms with van der Waals surface area (Å²) in [5, 5.41) is 15.7. The number of para-hydroxylation sites is 1. The van der Waals surface area contributed by atoms with E-state index in [9.17, 15) is 14.7 Å². The highest BCUT2D eigenvalue weighted by molar-refractivity contribution is 5.99. The van der Waals surface area contributed by atoms with Gasteiger partial charge in [-0.05, 0) is 56.0 Å². The molecule has 2 fully saturated rings. The van der Waals surface area contributed by atoms with E-state index in [4.69, 9.17) is 9.47 Å². The van der Waals surface area contributed by atoms with Crippen molar-refractivity contribution in [2.24, 2.45) is 0 Å². The predicted molar refractivity (Wildman–Crippen MR) is 128 cm³/mol. The fourth-order valence-electron chi connectivity index (χ4n) is 5.25. The number of piperidine rings is 1. The topological polar surface area (TPSA) is 100 Å². The van der Waals surface area contributed by atoms with Crippen LogP contribution in [0.4, 0.5) is 16.2 Å². The molecule has 0 aromatic heterocycles. The number of hydrogen-bond donors (Lipinski definition) is 3. The van der Waals surface area contributed by atoms with E-state index in [1.54, 1.807) is 6.07 Å². The van der Waals surface area contributed by atoms with Crippen LogP contribution in [0.3, 0.4) is 0 Å². The molecule has 0 saturated carbocycles. The Labute approximate surface area is 199 Å². The SMILES string of the molecule is O=C(Nc1ccccc1)Nc1ccc2c(c1)[C@H]1C[C@H](CC(=O)N3CCCCC3)O[C@H](CO)[C@H]1O2. The first-order chi connectivity index (χ1) is 16.6. The minimum Gasteiger partial charge on any atom is -0.487 e. The zero-order valence-electron chi connectivity index (χ0n) is 19.1. The molecule has 5 rings (SSSR count). The lowest BCUT2D eigenvalue weighted by Crippen LogP contribution is -2.48. The van der Waals surface area contributed by atoms with Crippen molar-refractivity contribution in [2.45, 2.75) is 56.3 Å². The molecule has 180 valence electrons. The van der Waals surface area contributed by atoms with Crippen LogP contribution in [0.2, 0.25) is 0 Å². The molecule has 0 spiro atoms. The van der Waals surface area contributed by atoms with Crippen LogP contribution >= 0.6 is 0 Å². The maximum Gasteiger partial charge on any atom is 0.323 e. The van der Waals surface area contributed by atoms with Crippen molar-refractivity contribution in [3.05, 3.63) is 54.1 Å². The van der Waals surface area contributed by atoms with Gasteiger partial charge in [0.1, 0.15) is 18.0 Å². The second kappa shape index (κ2) is 10.0. The average Bonchev–Trinajstić information content (AvgIpc) is 3.22. The van der Waals surface area contributed by atoms with E-state index in [2.05, 4.69) is 10.6 Å². The molecule has 0 unspecified atom stereocenters. The van der Waals surface area contributed by atoms with E-state index in [1.165, 1.54) is 6.42 Å². The molecule has 3 heterocycles. The van der Waals surface area contributed by atoms with E-state index in [-0.39, 0.29) is 36.7 Å². The number of ether oxygens (including phenoxy) is 2. The normalized spacial score (nSPS) is 25.6. The number of fused-ring (bicyclic) bond motifs is 3. The largest absolute Gasteiger partial charge is 0.487 e. The minimum atomic E-state index is -0.497. The zero-order chi connectivity index (χ0) is 23.5. The zero-order valence-corrected chi connectivity index (χ0v) is 19.1. The van der Waals surface area contributed by atoms with E-state index in [0.29, 0.717) is 24.2 Å². The summed E-state index contributed by atoms with van der Waals surface area (Å²) in [6, 6.07) is 14.5. The van der Waals surface area contributed by atoms with Crippen LogP contribution in [0.5, 0.6) is 5.75 Å². The summed E-state index contributed by atoms with van der Waals surface area (Å²) in [7, 11) is 0. The standard InChI is InChI=1S/C26H31N3O5/c30-16-23-25-21(14-19(33-23)15-24(31)29-11-5-2-6-12-29)20-13-18(9-10-22(20)34-25)28-26(32)27-17-7-3-1-4-8-17/h1,3-4,7-10,13,19,21,23,25,30H,2,5-6,11-12,14-16H2,(H2,27,28,32)/t19-,21-,23-,25+/m1/s1. The van der Waals surface area contributed by atoms with Crippen molar-refractivity contribution < 1.29 is 24.2 Å². The Balaban J connectivity index is 1.28. The van der Waals surface area contributed by atoms with Crippen LogP contribution in [0.25, 0.3) is 0 Å². The van der Waals surface area contributed by atoms with Gasteiger partial charge in [0.2, 0.25) is 5.91 Å². The fraction of sp³-hybridized carbons (Fsp3) is 0.462. The van der Waals surface area contributed by atoms with Gasteiger partial charge in [-0.15, -0.1) is 0 Å². The average molecular weight is 466 g/mol. The smallest absolute Gasteiger partial charge is 0.323 e. The van der Waals surface area contributed by atoms with E-state index >= 15 is 0 Å². The fourth-order valence-corrected chi connectivity index (χ4v) is 5.25. The number of hydrogen-bond acceptors (Lipinski definition) is 5. The van der Waals surface area contributed by atoms with Crippen molar-refractivity contribution in [1.82, 2.24) is 4.90 Å². The van der Waals surface area contributed by atoms with Crippen LogP contribution in [-0.2, 0) is 9.53 Å². The molecule has 8 heteroatoms. The number of rotatable bonds is 5. The summed E-state index contributed by atoms with van der Waals surface area (Å²) in [6.07, 6.45) is 3.14. The highest BCUT2D eigenvalue weighted by atomic mass is 16.6. The van der Waals surface area contributed by atoms with Gasteiger partial charge in [-0.3, -0.25) is 4.79 Å². The van der Waals surface area contributed by atoms with Gasteiger partial charge in [0.05, 0.1) is 19.1 Å². The Bertz CT molecular complexity index is 1020. The second-order valence-corrected chi connectivity index (χ2v) is 9.25. The number of amides is 3. The molecule has 2 aromatic carbocycles. The van der Waals surface area contributed by atoms with Crippen LogP contribution in [0, 0.1) is 0 Å². The van der Waals surface area contributed by atoms with Gasteiger partial charge in [-0.1, -0.05) is 18.2 Å². The van der Waals surface area contributed by atoms with Gasteiger partial charge < -0.3 is 30.1 Å². The molecule has 0 bridgehead atoms. The van der Waals surface area contributed by atoms with Crippen LogP contribution in [0.1, 0.15) is 43.6 Å². The number of carbonyl (C=O) groups is 2. The van der Waals surface area contributed by atoms with Crippen molar-refractivity contribution in [1.29, 1.82) is 0 Å². The van der Waals surface area contributed by atoms with Gasteiger partial charge in [0.25, 0.3) is 0 Å². The molecule has 8 nitrogen and oxygen atoms in total. The molecule has 3 N–H and O–H groups in total. The van der Waals surface area contributed by atoms with Crippen molar-refractivity contribution in [2.75, 3.05) is 30.3 Å². The third kappa shape index (κ3) is 4.88. The molecule has 3 aliphatic rings. The highest BCUT2D eigenvalue weighted by Gasteiger charge is 2.46. The number of urea groups is 1. The molecule has 0 aliphatic carbocycles. The number of likely N-dealkylation sites (tertiary alicyclic amines) is 1. The van der Waals surface area contributed by atoms with E-state index in [1.807, 2.05) is 47.4 Å². The van der Waals surface area contributed by atoms with Crippen LogP contribution in [-0.4, -0.2) is 60.0 Å². The molecule has 3 amide bonds. The molecule has 2 aromatic rings. The second-order valence-electron chi connectivity index (χ2n) is 9.25. The molecular weight excluding hydrogens is 434 g/mol. The first-order valence-corrected chi connectivity index (χ1v) is 12.1. The van der Waals surface area contributed by atoms with E-state index in [0.717, 1.165) is 37.2 Å². The van der Waals surface area contributed by atoms with Crippen molar-refractivity contribution in [3.63, 3.8) is 0 Å². The maximum atomic E-state index is 12.8. The monoisotopic (exact) mass is 465 g/mol. The minimum absolute atomic E-state index is 0.0148. The van der Waals surface area contributed by atoms with Crippen LogP contribution < -0.4 is 15.4 Å². The Kier molecular flexibility index (Phi) is 6.69. The lowest BCUT2D eigenvalue weighted by Gasteiger charge is -2.38. The predicted octanol–water partition coefficient (Wildman–Crippen LogP) is 3.73. The Hall–Kier alpha value is -3.10. The Morgan fingerprint density at radius 2 is 1.76 bits per heavy atom. The summed E-state index contributed by atoms with van der Waals surface area (Å²) >= 11 is 0. The molecule has 34 heavy (non-hydrogen) atoms. The Morgan fingerprint density at radius 1 is 1.00 bits per heavy atom. The summed E-state index contributed by atoms with van der Waals surface area (Å²) in [5.74, 6) is 0.833. The van der Waals surface area contributed by atoms with Gasteiger partial charge in [0.15, 0.2) is 0 Å². The molecule has 2 saturated heterocycles. The highest BCUT2D eigenvalue weighted by Crippen LogP contribution is 2.47.